The first-order chi connectivity index (χ1) is 18.4. The molecule has 2 N–H and O–H groups in total. The molecule has 190 valence electrons. The zero-order valence-corrected chi connectivity index (χ0v) is 22.0. The quantitative estimate of drug-likeness (QED) is 0.226. The molecular weight excluding hydrogens is 464 g/mol. The molecule has 0 aliphatic rings. The van der Waals surface area contributed by atoms with Crippen LogP contribution in [-0.4, -0.2) is 10.2 Å². The summed E-state index contributed by atoms with van der Waals surface area (Å²) in [7, 11) is 0. The molecule has 0 bridgehead atoms. The molecule has 0 aliphatic heterocycles. The van der Waals surface area contributed by atoms with Gasteiger partial charge >= 0.3 is 0 Å². The normalized spacial score (nSPS) is 14.4. The Morgan fingerprint density at radius 3 is 1.13 bits per heavy atom. The molecule has 0 fully saturated rings. The van der Waals surface area contributed by atoms with Crippen LogP contribution in [0.3, 0.4) is 0 Å². The molecule has 0 amide bonds. The highest BCUT2D eigenvalue weighted by atomic mass is 16.3. The van der Waals surface area contributed by atoms with Gasteiger partial charge in [0.1, 0.15) is 11.5 Å². The van der Waals surface area contributed by atoms with E-state index < -0.39 is 0 Å². The van der Waals surface area contributed by atoms with Gasteiger partial charge in [-0.2, -0.15) is 0 Å². The monoisotopic (exact) mass is 498 g/mol. The molecule has 0 radical (unpaired) electrons. The summed E-state index contributed by atoms with van der Waals surface area (Å²) in [5.74, 6) is 0.565. The molecule has 5 rings (SSSR count). The topological polar surface area (TPSA) is 40.5 Å². The molecular formula is C36H34O2. The zero-order valence-electron chi connectivity index (χ0n) is 22.0. The Morgan fingerprint density at radius 1 is 0.421 bits per heavy atom. The van der Waals surface area contributed by atoms with Crippen LogP contribution in [0.15, 0.2) is 133 Å². The highest BCUT2D eigenvalue weighted by Gasteiger charge is 2.33. The number of hydrogen-bond acceptors (Lipinski definition) is 2. The van der Waals surface area contributed by atoms with Gasteiger partial charge in [0, 0.05) is 10.8 Å². The fraction of sp³-hybridized carbons (Fsp3) is 0.167. The van der Waals surface area contributed by atoms with Gasteiger partial charge in [0.05, 0.1) is 0 Å². The Balaban J connectivity index is 1.63. The molecule has 38 heavy (non-hydrogen) atoms. The molecule has 5 aromatic carbocycles. The maximum atomic E-state index is 9.85. The lowest BCUT2D eigenvalue weighted by atomic mass is 9.68. The van der Waals surface area contributed by atoms with Gasteiger partial charge in [0.2, 0.25) is 0 Å². The zero-order chi connectivity index (χ0) is 26.6. The Morgan fingerprint density at radius 2 is 0.763 bits per heavy atom. The summed E-state index contributed by atoms with van der Waals surface area (Å²) >= 11 is 0. The van der Waals surface area contributed by atoms with Gasteiger partial charge in [-0.1, -0.05) is 123 Å². The second-order valence-electron chi connectivity index (χ2n) is 10.7. The van der Waals surface area contributed by atoms with Crippen molar-refractivity contribution >= 4 is 0 Å². The Bertz CT molecular complexity index is 1360. The Kier molecular flexibility index (Phi) is 7.07. The van der Waals surface area contributed by atoms with Crippen LogP contribution in [0.4, 0.5) is 0 Å². The summed E-state index contributed by atoms with van der Waals surface area (Å²) in [5.41, 5.74) is 6.82. The van der Waals surface area contributed by atoms with Crippen LogP contribution in [0.25, 0.3) is 0 Å². The fourth-order valence-electron chi connectivity index (χ4n) is 5.60. The minimum atomic E-state index is -0.273. The number of hydrogen-bond donors (Lipinski definition) is 2. The van der Waals surface area contributed by atoms with Gasteiger partial charge in [0.25, 0.3) is 0 Å². The third-order valence-electron chi connectivity index (χ3n) is 7.95. The standard InChI is InChI=1S/C36H34O2/c1-35(29-10-5-3-6-11-29,25-27-16-20-33(37)21-17-27)31-14-9-15-32(24-31)36(2,30-12-7-4-8-13-30)26-28-18-22-34(38)23-19-28/h3-24,37-38H,25-26H2,1-2H3. The predicted octanol–water partition coefficient (Wildman–Crippen LogP) is 8.20. The number of phenolic OH excluding ortho intramolecular Hbond substituents is 2. The van der Waals surface area contributed by atoms with Crippen molar-refractivity contribution in [1.82, 2.24) is 0 Å². The van der Waals surface area contributed by atoms with Crippen molar-refractivity contribution in [3.8, 4) is 11.5 Å². The van der Waals surface area contributed by atoms with Gasteiger partial charge in [-0.25, -0.2) is 0 Å². The van der Waals surface area contributed by atoms with Crippen LogP contribution in [-0.2, 0) is 23.7 Å². The molecule has 0 heterocycles. The van der Waals surface area contributed by atoms with E-state index in [0.29, 0.717) is 0 Å². The van der Waals surface area contributed by atoms with Gasteiger partial charge in [-0.15, -0.1) is 0 Å². The molecule has 5 aromatic rings. The molecule has 2 atom stereocenters. The summed E-state index contributed by atoms with van der Waals surface area (Å²) in [6, 6.07) is 45.5. The number of aromatic hydroxyl groups is 2. The molecule has 0 aromatic heterocycles. The van der Waals surface area contributed by atoms with Crippen molar-refractivity contribution in [3.05, 3.63) is 167 Å². The highest BCUT2D eigenvalue weighted by molar-refractivity contribution is 5.48. The summed E-state index contributed by atoms with van der Waals surface area (Å²) < 4.78 is 0. The lowest BCUT2D eigenvalue weighted by molar-refractivity contribution is 0.474. The van der Waals surface area contributed by atoms with E-state index in [4.69, 9.17) is 0 Å². The van der Waals surface area contributed by atoms with Crippen LogP contribution >= 0.6 is 0 Å². The predicted molar refractivity (Wildman–Crippen MR) is 156 cm³/mol. The van der Waals surface area contributed by atoms with Gasteiger partial charge in [-0.05, 0) is 70.5 Å². The van der Waals surface area contributed by atoms with Crippen molar-refractivity contribution in [1.29, 1.82) is 0 Å². The highest BCUT2D eigenvalue weighted by Crippen LogP contribution is 2.41. The number of rotatable bonds is 8. The lowest BCUT2D eigenvalue weighted by Crippen LogP contribution is -2.30. The van der Waals surface area contributed by atoms with Gasteiger partial charge in [0.15, 0.2) is 0 Å². The lowest BCUT2D eigenvalue weighted by Gasteiger charge is -2.35. The fourth-order valence-corrected chi connectivity index (χ4v) is 5.60. The summed E-state index contributed by atoms with van der Waals surface area (Å²) in [6.07, 6.45) is 1.61. The van der Waals surface area contributed by atoms with Crippen LogP contribution in [0.2, 0.25) is 0 Å². The van der Waals surface area contributed by atoms with E-state index in [9.17, 15) is 10.2 Å². The summed E-state index contributed by atoms with van der Waals surface area (Å²) in [6.45, 7) is 4.63. The van der Waals surface area contributed by atoms with Crippen molar-refractivity contribution < 1.29 is 10.2 Å². The van der Waals surface area contributed by atoms with Crippen molar-refractivity contribution in [2.45, 2.75) is 37.5 Å². The third kappa shape index (κ3) is 5.21. The van der Waals surface area contributed by atoms with Crippen molar-refractivity contribution in [2.24, 2.45) is 0 Å². The maximum absolute atomic E-state index is 9.85. The molecule has 0 spiro atoms. The minimum Gasteiger partial charge on any atom is -0.508 e. The smallest absolute Gasteiger partial charge is 0.115 e. The van der Waals surface area contributed by atoms with E-state index >= 15 is 0 Å². The maximum Gasteiger partial charge on any atom is 0.115 e. The minimum absolute atomic E-state index is 0.273. The average Bonchev–Trinajstić information content (AvgIpc) is 2.96. The van der Waals surface area contributed by atoms with Crippen molar-refractivity contribution in [2.75, 3.05) is 0 Å². The Labute approximate surface area is 225 Å². The van der Waals surface area contributed by atoms with E-state index in [1.807, 2.05) is 24.3 Å². The number of phenols is 2. The average molecular weight is 499 g/mol. The third-order valence-corrected chi connectivity index (χ3v) is 7.95. The largest absolute Gasteiger partial charge is 0.508 e. The van der Waals surface area contributed by atoms with E-state index in [1.165, 1.54) is 33.4 Å². The first kappa shape index (κ1) is 25.4. The SMILES string of the molecule is CC(Cc1ccc(O)cc1)(c1ccccc1)c1cccc(C(C)(Cc2ccc(O)cc2)c2ccccc2)c1. The molecule has 2 heteroatoms. The van der Waals surface area contributed by atoms with Crippen LogP contribution in [0.1, 0.15) is 47.2 Å². The summed E-state index contributed by atoms with van der Waals surface area (Å²) in [5, 5.41) is 19.7. The van der Waals surface area contributed by atoms with Crippen LogP contribution < -0.4 is 0 Å². The van der Waals surface area contributed by atoms with E-state index in [1.54, 1.807) is 24.3 Å². The molecule has 0 saturated carbocycles. The second-order valence-corrected chi connectivity index (χ2v) is 10.7. The van der Waals surface area contributed by atoms with E-state index in [0.717, 1.165) is 12.8 Å². The molecule has 2 nitrogen and oxygen atoms in total. The molecule has 2 unspecified atom stereocenters. The van der Waals surface area contributed by atoms with Gasteiger partial charge in [-0.3, -0.25) is 0 Å². The number of benzene rings is 5. The van der Waals surface area contributed by atoms with Gasteiger partial charge < -0.3 is 10.2 Å². The second kappa shape index (κ2) is 10.6. The Hall–Kier alpha value is -4.30. The van der Waals surface area contributed by atoms with Crippen molar-refractivity contribution in [3.63, 3.8) is 0 Å². The van der Waals surface area contributed by atoms with E-state index in [-0.39, 0.29) is 22.3 Å². The first-order valence-corrected chi connectivity index (χ1v) is 13.1. The summed E-state index contributed by atoms with van der Waals surface area (Å²) in [4.78, 5) is 0. The van der Waals surface area contributed by atoms with Crippen LogP contribution in [0, 0.1) is 0 Å². The molecule has 0 saturated heterocycles. The van der Waals surface area contributed by atoms with Crippen LogP contribution in [0.5, 0.6) is 11.5 Å². The van der Waals surface area contributed by atoms with E-state index in [2.05, 4.69) is 98.8 Å². The first-order valence-electron chi connectivity index (χ1n) is 13.1. The molecule has 0 aliphatic carbocycles.